The molecule has 2 aliphatic rings. The fourth-order valence-corrected chi connectivity index (χ4v) is 8.67. The molecule has 0 spiro atoms. The molecule has 2 fully saturated rings. The smallest absolute Gasteiger partial charge is 0.387 e. The van der Waals surface area contributed by atoms with Gasteiger partial charge in [-0.2, -0.15) is 22.9 Å². The SMILES string of the molecule is Cn1ccc(-c2ccc(S(=O)(=O)N3CCSC3C(=O)OC(Cc3cc[n+]([O-])c(Cl)c3Cl)c3ccc(OC(F)F)c(OCC4CC4)c3)cc2)n1. The summed E-state index contributed by atoms with van der Waals surface area (Å²) in [6.07, 6.45) is 3.60. The summed E-state index contributed by atoms with van der Waals surface area (Å²) < 4.78 is 73.6. The van der Waals surface area contributed by atoms with Crippen molar-refractivity contribution in [3.63, 3.8) is 0 Å². The molecule has 2 unspecified atom stereocenters. The van der Waals surface area contributed by atoms with E-state index in [1.165, 1.54) is 36.4 Å². The van der Waals surface area contributed by atoms with E-state index in [9.17, 15) is 27.2 Å². The van der Waals surface area contributed by atoms with Crippen LogP contribution in [0.4, 0.5) is 8.78 Å². The summed E-state index contributed by atoms with van der Waals surface area (Å²) in [4.78, 5) is 13.8. The third-order valence-electron chi connectivity index (χ3n) is 7.98. The highest BCUT2D eigenvalue weighted by molar-refractivity contribution is 8.02. The third kappa shape index (κ3) is 8.07. The van der Waals surface area contributed by atoms with Crippen LogP contribution in [0.25, 0.3) is 11.3 Å². The van der Waals surface area contributed by atoms with Gasteiger partial charge in [0, 0.05) is 43.6 Å². The molecule has 1 aliphatic heterocycles. The molecule has 2 aromatic carbocycles. The molecule has 6 rings (SSSR count). The minimum absolute atomic E-state index is 0.00673. The van der Waals surface area contributed by atoms with Crippen molar-refractivity contribution in [2.45, 2.75) is 42.2 Å². The average Bonchev–Trinajstić information content (AvgIpc) is 3.57. The lowest BCUT2D eigenvalue weighted by Crippen LogP contribution is -2.40. The van der Waals surface area contributed by atoms with Gasteiger partial charge in [-0.05, 0) is 71.8 Å². The lowest BCUT2D eigenvalue weighted by Gasteiger charge is -2.26. The molecule has 1 saturated carbocycles. The van der Waals surface area contributed by atoms with Gasteiger partial charge in [-0.1, -0.05) is 29.8 Å². The van der Waals surface area contributed by atoms with Gasteiger partial charge in [-0.25, -0.2) is 13.2 Å². The molecular weight excluding hydrogens is 725 g/mol. The Hall–Kier alpha value is -3.63. The molecule has 17 heteroatoms. The van der Waals surface area contributed by atoms with Crippen molar-refractivity contribution >= 4 is 51.0 Å². The summed E-state index contributed by atoms with van der Waals surface area (Å²) >= 11 is 13.6. The zero-order valence-electron chi connectivity index (χ0n) is 25.9. The Balaban J connectivity index is 1.28. The minimum Gasteiger partial charge on any atom is -0.618 e. The highest BCUT2D eigenvalue weighted by Crippen LogP contribution is 2.39. The molecule has 2 atom stereocenters. The lowest BCUT2D eigenvalue weighted by atomic mass is 10.0. The van der Waals surface area contributed by atoms with Crippen LogP contribution in [0.5, 0.6) is 11.5 Å². The molecule has 49 heavy (non-hydrogen) atoms. The summed E-state index contributed by atoms with van der Waals surface area (Å²) in [5.74, 6) is -0.409. The van der Waals surface area contributed by atoms with Crippen LogP contribution in [0.3, 0.4) is 0 Å². The van der Waals surface area contributed by atoms with Gasteiger partial charge in [-0.15, -0.1) is 11.8 Å². The van der Waals surface area contributed by atoms with Gasteiger partial charge in [0.15, 0.2) is 23.1 Å². The number of hydrogen-bond acceptors (Lipinski definition) is 9. The van der Waals surface area contributed by atoms with Gasteiger partial charge in [0.2, 0.25) is 10.0 Å². The molecule has 1 saturated heterocycles. The second-order valence-corrected chi connectivity index (χ2v) is 15.3. The van der Waals surface area contributed by atoms with E-state index in [0.29, 0.717) is 33.2 Å². The van der Waals surface area contributed by atoms with Crippen LogP contribution in [0.2, 0.25) is 10.2 Å². The van der Waals surface area contributed by atoms with Gasteiger partial charge in [0.1, 0.15) is 11.1 Å². The first-order chi connectivity index (χ1) is 23.4. The van der Waals surface area contributed by atoms with Crippen LogP contribution in [0.1, 0.15) is 30.1 Å². The van der Waals surface area contributed by atoms with Crippen molar-refractivity contribution in [1.29, 1.82) is 0 Å². The largest absolute Gasteiger partial charge is 0.618 e. The highest BCUT2D eigenvalue weighted by atomic mass is 35.5. The normalized spacial score (nSPS) is 17.3. The highest BCUT2D eigenvalue weighted by Gasteiger charge is 2.42. The fraction of sp³-hybridized carbons (Fsp3) is 0.344. The standard InChI is InChI=1S/C32H30Cl2F2N4O7S2/c1-38-12-11-24(37-38)20-4-7-23(8-5-20)49(43,44)40-14-15-48-30(40)31(41)46-26(17-22-10-13-39(42)29(34)28(22)33)21-6-9-25(47-32(35)36)27(16-21)45-18-19-2-3-19/h4-13,16,19,26,30,32H,2-3,14-15,17-18H2,1H3. The van der Waals surface area contributed by atoms with E-state index in [1.807, 2.05) is 0 Å². The average molecular weight is 756 g/mol. The number of carbonyl (C=O) groups excluding carboxylic acids is 1. The van der Waals surface area contributed by atoms with Gasteiger partial charge in [0.05, 0.1) is 17.2 Å². The van der Waals surface area contributed by atoms with E-state index in [0.717, 1.165) is 40.7 Å². The molecular formula is C32H30Cl2F2N4O7S2. The molecule has 3 heterocycles. The second-order valence-electron chi connectivity index (χ2n) is 11.5. The first kappa shape index (κ1) is 35.2. The van der Waals surface area contributed by atoms with Crippen LogP contribution in [0, 0.1) is 11.1 Å². The number of sulfonamides is 1. The Morgan fingerprint density at radius 1 is 1.12 bits per heavy atom. The van der Waals surface area contributed by atoms with Crippen LogP contribution >= 0.6 is 35.0 Å². The number of thioether (sulfide) groups is 1. The quantitative estimate of drug-likeness (QED) is 0.0698. The predicted octanol–water partition coefficient (Wildman–Crippen LogP) is 6.01. The molecule has 0 amide bonds. The number of carbonyl (C=O) groups is 1. The van der Waals surface area contributed by atoms with Crippen molar-refractivity contribution in [3.8, 4) is 22.8 Å². The number of rotatable bonds is 13. The molecule has 2 aromatic heterocycles. The minimum atomic E-state index is -4.13. The van der Waals surface area contributed by atoms with E-state index in [4.69, 9.17) is 32.7 Å². The summed E-state index contributed by atoms with van der Waals surface area (Å²) in [5.41, 5.74) is 2.08. The Labute approximate surface area is 295 Å². The van der Waals surface area contributed by atoms with Crippen molar-refractivity contribution < 1.29 is 40.9 Å². The third-order valence-corrected chi connectivity index (χ3v) is 12.0. The number of ether oxygens (including phenoxy) is 3. The zero-order chi connectivity index (χ0) is 34.9. The predicted molar refractivity (Wildman–Crippen MR) is 178 cm³/mol. The van der Waals surface area contributed by atoms with Crippen LogP contribution < -0.4 is 14.2 Å². The molecule has 0 N–H and O–H groups in total. The number of hydrogen-bond donors (Lipinski definition) is 0. The lowest BCUT2D eigenvalue weighted by molar-refractivity contribution is -0.603. The summed E-state index contributed by atoms with van der Waals surface area (Å²) in [6, 6.07) is 13.6. The summed E-state index contributed by atoms with van der Waals surface area (Å²) in [7, 11) is -2.36. The molecule has 4 aromatic rings. The van der Waals surface area contributed by atoms with Crippen molar-refractivity contribution in [2.24, 2.45) is 13.0 Å². The number of aryl methyl sites for hydroxylation is 1. The number of aromatic nitrogens is 3. The Morgan fingerprint density at radius 2 is 1.88 bits per heavy atom. The molecule has 0 radical (unpaired) electrons. The maximum atomic E-state index is 13.8. The van der Waals surface area contributed by atoms with Gasteiger partial charge < -0.3 is 19.4 Å². The molecule has 1 aliphatic carbocycles. The van der Waals surface area contributed by atoms with E-state index >= 15 is 0 Å². The van der Waals surface area contributed by atoms with E-state index < -0.39 is 34.1 Å². The Bertz CT molecular complexity index is 1950. The number of benzene rings is 2. The van der Waals surface area contributed by atoms with Crippen LogP contribution in [0.15, 0.2) is 71.9 Å². The Morgan fingerprint density at radius 3 is 2.55 bits per heavy atom. The maximum Gasteiger partial charge on any atom is 0.387 e. The number of halogens is 4. The van der Waals surface area contributed by atoms with Crippen molar-refractivity contribution in [3.05, 3.63) is 93.5 Å². The van der Waals surface area contributed by atoms with Crippen LogP contribution in [-0.4, -0.2) is 59.4 Å². The van der Waals surface area contributed by atoms with E-state index in [1.54, 1.807) is 36.1 Å². The second kappa shape index (κ2) is 14.7. The molecule has 0 bridgehead atoms. The topological polar surface area (TPSA) is 127 Å². The van der Waals surface area contributed by atoms with Crippen LogP contribution in [-0.2, 0) is 33.0 Å². The van der Waals surface area contributed by atoms with Gasteiger partial charge >= 0.3 is 17.7 Å². The number of esters is 1. The Kier molecular flexibility index (Phi) is 10.6. The molecule has 260 valence electrons. The van der Waals surface area contributed by atoms with Crippen molar-refractivity contribution in [1.82, 2.24) is 14.1 Å². The van der Waals surface area contributed by atoms with E-state index in [2.05, 4.69) is 9.84 Å². The van der Waals surface area contributed by atoms with E-state index in [-0.39, 0.29) is 46.1 Å². The fourth-order valence-electron chi connectivity index (χ4n) is 5.22. The number of alkyl halides is 2. The number of nitrogens with zero attached hydrogens (tertiary/aromatic N) is 4. The maximum absolute atomic E-state index is 13.8. The summed E-state index contributed by atoms with van der Waals surface area (Å²) in [5, 5.41) is 14.7. The molecule has 11 nitrogen and oxygen atoms in total. The first-order valence-electron chi connectivity index (χ1n) is 15.1. The number of pyridine rings is 1. The summed E-state index contributed by atoms with van der Waals surface area (Å²) in [6.45, 7) is -2.77. The van der Waals surface area contributed by atoms with Gasteiger partial charge in [0.25, 0.3) is 0 Å². The van der Waals surface area contributed by atoms with Crippen molar-refractivity contribution in [2.75, 3.05) is 18.9 Å². The zero-order valence-corrected chi connectivity index (χ0v) is 29.0. The monoisotopic (exact) mass is 754 g/mol. The van der Waals surface area contributed by atoms with Gasteiger partial charge in [-0.3, -0.25) is 4.68 Å². The first-order valence-corrected chi connectivity index (χ1v) is 18.4.